The number of amides is 1. The van der Waals surface area contributed by atoms with Gasteiger partial charge in [0.2, 0.25) is 5.91 Å². The maximum atomic E-state index is 12.4. The van der Waals surface area contributed by atoms with E-state index >= 15 is 0 Å². The van der Waals surface area contributed by atoms with Crippen molar-refractivity contribution in [3.8, 4) is 11.4 Å². The highest BCUT2D eigenvalue weighted by atomic mass is 19.4. The van der Waals surface area contributed by atoms with Crippen LogP contribution in [0.25, 0.3) is 33.6 Å². The van der Waals surface area contributed by atoms with Crippen molar-refractivity contribution in [1.29, 1.82) is 0 Å². The summed E-state index contributed by atoms with van der Waals surface area (Å²) in [6, 6.07) is 0.683. The normalized spacial score (nSPS) is 13.1. The molecule has 0 bridgehead atoms. The van der Waals surface area contributed by atoms with Gasteiger partial charge in [0.1, 0.15) is 23.8 Å². The first-order valence-corrected chi connectivity index (χ1v) is 8.90. The Balaban J connectivity index is 1.77. The highest BCUT2D eigenvalue weighted by Crippen LogP contribution is 2.26. The molecule has 0 aliphatic heterocycles. The summed E-state index contributed by atoms with van der Waals surface area (Å²) in [7, 11) is 0. The predicted octanol–water partition coefficient (Wildman–Crippen LogP) is 2.21. The van der Waals surface area contributed by atoms with Crippen molar-refractivity contribution >= 4 is 28.1 Å². The molecule has 4 rings (SSSR count). The largest absolute Gasteiger partial charge is 0.405 e. The number of hydrogen-bond donors (Lipinski definition) is 3. The molecule has 4 heterocycles. The van der Waals surface area contributed by atoms with Crippen LogP contribution in [0.15, 0.2) is 29.5 Å². The molecule has 0 fully saturated rings. The summed E-state index contributed by atoms with van der Waals surface area (Å²) in [5.41, 5.74) is 1.88. The molecular formula is C18H16F3N7O2. The molecular weight excluding hydrogens is 403 g/mol. The fraction of sp³-hybridized carbons (Fsp3) is 0.278. The quantitative estimate of drug-likeness (QED) is 0.468. The summed E-state index contributed by atoms with van der Waals surface area (Å²) in [4.78, 5) is 43.0. The van der Waals surface area contributed by atoms with Crippen molar-refractivity contribution in [2.75, 3.05) is 6.54 Å². The molecule has 1 unspecified atom stereocenters. The number of halogens is 3. The van der Waals surface area contributed by atoms with Crippen LogP contribution in [-0.4, -0.2) is 48.1 Å². The molecule has 0 spiro atoms. The van der Waals surface area contributed by atoms with E-state index in [1.165, 1.54) is 13.1 Å². The number of H-pyrrole nitrogens is 2. The first kappa shape index (κ1) is 19.6. The van der Waals surface area contributed by atoms with Gasteiger partial charge in [-0.05, 0) is 25.5 Å². The van der Waals surface area contributed by atoms with E-state index in [4.69, 9.17) is 0 Å². The standard InChI is InChI=1S/C18H16F3N7O2/c1-8-3-10-11(5-23-13(10)22-4-8)14-24-6-12-15(27-14)28(17(30)26-12)9(2)16(29)25-7-18(19,20)21/h3-6,9H,7H2,1-2H3,(H,22,23)(H,25,29)(H,26,30). The van der Waals surface area contributed by atoms with Crippen molar-refractivity contribution in [2.24, 2.45) is 0 Å². The lowest BCUT2D eigenvalue weighted by atomic mass is 10.1. The second-order valence-corrected chi connectivity index (χ2v) is 6.85. The van der Waals surface area contributed by atoms with Crippen LogP contribution in [0.4, 0.5) is 13.2 Å². The first-order valence-electron chi connectivity index (χ1n) is 8.90. The smallest absolute Gasteiger partial charge is 0.345 e. The number of carbonyl (C=O) groups excluding carboxylic acids is 1. The lowest BCUT2D eigenvalue weighted by molar-refractivity contribution is -0.140. The molecule has 9 nitrogen and oxygen atoms in total. The summed E-state index contributed by atoms with van der Waals surface area (Å²) in [6.45, 7) is 1.72. The number of rotatable bonds is 4. The zero-order chi connectivity index (χ0) is 21.6. The van der Waals surface area contributed by atoms with Gasteiger partial charge in [-0.15, -0.1) is 0 Å². The molecule has 0 radical (unpaired) electrons. The van der Waals surface area contributed by atoms with Crippen LogP contribution in [-0.2, 0) is 4.79 Å². The minimum Gasteiger partial charge on any atom is -0.345 e. The second-order valence-electron chi connectivity index (χ2n) is 6.85. The molecule has 0 aromatic carbocycles. The van der Waals surface area contributed by atoms with Gasteiger partial charge >= 0.3 is 11.9 Å². The number of imidazole rings is 1. The number of alkyl halides is 3. The van der Waals surface area contributed by atoms with Gasteiger partial charge < -0.3 is 15.3 Å². The molecule has 0 saturated heterocycles. The van der Waals surface area contributed by atoms with Crippen molar-refractivity contribution < 1.29 is 18.0 Å². The average molecular weight is 419 g/mol. The number of nitrogens with zero attached hydrogens (tertiary/aromatic N) is 4. The van der Waals surface area contributed by atoms with Gasteiger partial charge in [0, 0.05) is 23.3 Å². The van der Waals surface area contributed by atoms with E-state index in [-0.39, 0.29) is 17.0 Å². The van der Waals surface area contributed by atoms with E-state index in [1.54, 1.807) is 17.7 Å². The van der Waals surface area contributed by atoms with Crippen LogP contribution >= 0.6 is 0 Å². The minimum atomic E-state index is -4.56. The first-order chi connectivity index (χ1) is 14.1. The summed E-state index contributed by atoms with van der Waals surface area (Å²) in [5, 5.41) is 2.55. The number of aromatic nitrogens is 6. The Hall–Kier alpha value is -3.70. The highest BCUT2D eigenvalue weighted by molar-refractivity contribution is 5.92. The molecule has 156 valence electrons. The topological polar surface area (TPSA) is 121 Å². The molecule has 0 saturated carbocycles. The van der Waals surface area contributed by atoms with Gasteiger partial charge in [-0.3, -0.25) is 9.36 Å². The number of hydrogen-bond acceptors (Lipinski definition) is 5. The third-order valence-electron chi connectivity index (χ3n) is 4.60. The maximum absolute atomic E-state index is 12.4. The van der Waals surface area contributed by atoms with Gasteiger partial charge in [0.05, 0.1) is 6.20 Å². The summed E-state index contributed by atoms with van der Waals surface area (Å²) < 4.78 is 38.2. The van der Waals surface area contributed by atoms with Crippen molar-refractivity contribution in [3.05, 3.63) is 40.7 Å². The second kappa shape index (κ2) is 6.97. The third kappa shape index (κ3) is 3.51. The average Bonchev–Trinajstić information content (AvgIpc) is 3.24. The number of pyridine rings is 1. The molecule has 4 aromatic heterocycles. The predicted molar refractivity (Wildman–Crippen MR) is 102 cm³/mol. The van der Waals surface area contributed by atoms with E-state index in [1.807, 2.05) is 13.0 Å². The zero-order valence-electron chi connectivity index (χ0n) is 15.8. The van der Waals surface area contributed by atoms with Gasteiger partial charge in [-0.2, -0.15) is 13.2 Å². The zero-order valence-corrected chi connectivity index (χ0v) is 15.8. The third-order valence-corrected chi connectivity index (χ3v) is 4.60. The molecule has 1 atom stereocenters. The molecule has 0 aliphatic rings. The van der Waals surface area contributed by atoms with Gasteiger partial charge in [0.25, 0.3) is 0 Å². The van der Waals surface area contributed by atoms with E-state index in [9.17, 15) is 22.8 Å². The van der Waals surface area contributed by atoms with Gasteiger partial charge in [0.15, 0.2) is 11.5 Å². The Morgan fingerprint density at radius 1 is 1.30 bits per heavy atom. The van der Waals surface area contributed by atoms with Crippen LogP contribution in [0.5, 0.6) is 0 Å². The fourth-order valence-electron chi connectivity index (χ4n) is 3.15. The van der Waals surface area contributed by atoms with E-state index in [2.05, 4.69) is 24.9 Å². The van der Waals surface area contributed by atoms with Crippen LogP contribution in [0, 0.1) is 6.92 Å². The van der Waals surface area contributed by atoms with Crippen LogP contribution in [0.3, 0.4) is 0 Å². The Morgan fingerprint density at radius 3 is 2.80 bits per heavy atom. The highest BCUT2D eigenvalue weighted by Gasteiger charge is 2.30. The molecule has 0 aliphatic carbocycles. The maximum Gasteiger partial charge on any atom is 0.405 e. The molecule has 3 N–H and O–H groups in total. The SMILES string of the molecule is Cc1cnc2[nH]cc(-c3ncc4[nH]c(=O)n(C(C)C(=O)NCC(F)(F)F)c4n3)c2c1. The fourth-order valence-corrected chi connectivity index (χ4v) is 3.15. The molecule has 12 heteroatoms. The van der Waals surface area contributed by atoms with Crippen molar-refractivity contribution in [3.63, 3.8) is 0 Å². The van der Waals surface area contributed by atoms with Gasteiger partial charge in [-0.1, -0.05) is 0 Å². The number of fused-ring (bicyclic) bond motifs is 2. The lowest BCUT2D eigenvalue weighted by Crippen LogP contribution is -2.39. The van der Waals surface area contributed by atoms with Crippen molar-refractivity contribution in [2.45, 2.75) is 26.1 Å². The summed E-state index contributed by atoms with van der Waals surface area (Å²) >= 11 is 0. The van der Waals surface area contributed by atoms with Crippen LogP contribution < -0.4 is 11.0 Å². The van der Waals surface area contributed by atoms with E-state index < -0.39 is 30.4 Å². The van der Waals surface area contributed by atoms with Crippen LogP contribution in [0.2, 0.25) is 0 Å². The number of nitrogens with one attached hydrogen (secondary N) is 3. The van der Waals surface area contributed by atoms with Gasteiger partial charge in [-0.25, -0.2) is 19.7 Å². The number of aromatic amines is 2. The van der Waals surface area contributed by atoms with E-state index in [0.717, 1.165) is 15.5 Å². The number of carbonyl (C=O) groups is 1. The Kier molecular flexibility index (Phi) is 4.56. The Bertz CT molecular complexity index is 1320. The minimum absolute atomic E-state index is 0.106. The lowest BCUT2D eigenvalue weighted by Gasteiger charge is -2.14. The molecule has 4 aromatic rings. The Morgan fingerprint density at radius 2 is 2.07 bits per heavy atom. The number of aryl methyl sites for hydroxylation is 1. The monoisotopic (exact) mass is 419 g/mol. The summed E-state index contributed by atoms with van der Waals surface area (Å²) in [5.74, 6) is -0.681. The molecule has 30 heavy (non-hydrogen) atoms. The van der Waals surface area contributed by atoms with E-state index in [0.29, 0.717) is 11.2 Å². The van der Waals surface area contributed by atoms with Crippen molar-refractivity contribution in [1.82, 2.24) is 34.8 Å². The van der Waals surface area contributed by atoms with Crippen LogP contribution in [0.1, 0.15) is 18.5 Å². The Labute approximate surface area is 166 Å². The summed E-state index contributed by atoms with van der Waals surface area (Å²) in [6.07, 6.45) is 0.208. The molecule has 1 amide bonds.